The van der Waals surface area contributed by atoms with Gasteiger partial charge in [0.15, 0.2) is 5.78 Å². The van der Waals surface area contributed by atoms with Crippen molar-refractivity contribution in [3.8, 4) is 17.2 Å². The fraction of sp³-hybridized carbons (Fsp3) is 0.375. The number of hydrogen-bond donors (Lipinski definition) is 2. The molecule has 0 aromatic heterocycles. The molecule has 2 unspecified atom stereocenters. The number of carbonyl (C=O) groups is 2. The van der Waals surface area contributed by atoms with Gasteiger partial charge >= 0.3 is 0 Å². The summed E-state index contributed by atoms with van der Waals surface area (Å²) in [5, 5.41) is 14.9. The fourth-order valence-electron chi connectivity index (χ4n) is 3.85. The summed E-state index contributed by atoms with van der Waals surface area (Å²) in [7, 11) is 0. The van der Waals surface area contributed by atoms with Crippen molar-refractivity contribution < 1.29 is 14.0 Å². The SMILES string of the molecule is CC(C)c1ccc(C(NC(=O)C2CCCN2)C(=O)CC#N)c(-c2ccccc2)c1F. The molecule has 1 saturated heterocycles. The Labute approximate surface area is 176 Å². The Kier molecular flexibility index (Phi) is 6.96. The van der Waals surface area contributed by atoms with Crippen molar-refractivity contribution in [1.29, 1.82) is 5.26 Å². The van der Waals surface area contributed by atoms with E-state index in [2.05, 4.69) is 10.6 Å². The molecule has 0 aliphatic carbocycles. The summed E-state index contributed by atoms with van der Waals surface area (Å²) in [6.45, 7) is 4.54. The van der Waals surface area contributed by atoms with Gasteiger partial charge in [-0.25, -0.2) is 4.39 Å². The Hall–Kier alpha value is -3.04. The highest BCUT2D eigenvalue weighted by atomic mass is 19.1. The third-order valence-corrected chi connectivity index (χ3v) is 5.44. The zero-order chi connectivity index (χ0) is 21.7. The molecule has 5 nitrogen and oxygen atoms in total. The van der Waals surface area contributed by atoms with Crippen LogP contribution in [0.1, 0.15) is 56.2 Å². The molecule has 2 atom stereocenters. The van der Waals surface area contributed by atoms with Gasteiger partial charge in [-0.15, -0.1) is 0 Å². The van der Waals surface area contributed by atoms with E-state index in [0.29, 0.717) is 23.1 Å². The number of carbonyl (C=O) groups excluding carboxylic acids is 2. The van der Waals surface area contributed by atoms with Crippen molar-refractivity contribution in [3.63, 3.8) is 0 Å². The maximum atomic E-state index is 15.6. The summed E-state index contributed by atoms with van der Waals surface area (Å²) in [4.78, 5) is 25.6. The normalized spacial score (nSPS) is 16.8. The van der Waals surface area contributed by atoms with Crippen LogP contribution in [0.5, 0.6) is 0 Å². The maximum absolute atomic E-state index is 15.6. The average Bonchev–Trinajstić information content (AvgIpc) is 3.27. The van der Waals surface area contributed by atoms with Gasteiger partial charge in [0, 0.05) is 5.56 Å². The zero-order valence-corrected chi connectivity index (χ0v) is 17.2. The van der Waals surface area contributed by atoms with Gasteiger partial charge in [-0.3, -0.25) is 9.59 Å². The third kappa shape index (κ3) is 4.58. The van der Waals surface area contributed by atoms with Crippen LogP contribution in [-0.2, 0) is 9.59 Å². The highest BCUT2D eigenvalue weighted by Crippen LogP contribution is 2.35. The molecular formula is C24H26FN3O2. The van der Waals surface area contributed by atoms with Gasteiger partial charge in [-0.2, -0.15) is 5.26 Å². The Balaban J connectivity index is 2.12. The minimum Gasteiger partial charge on any atom is -0.341 e. The molecule has 0 bridgehead atoms. The Morgan fingerprint density at radius 1 is 1.20 bits per heavy atom. The predicted molar refractivity (Wildman–Crippen MR) is 113 cm³/mol. The molecule has 3 rings (SSSR count). The smallest absolute Gasteiger partial charge is 0.237 e. The number of nitrogens with zero attached hydrogens (tertiary/aromatic N) is 1. The quantitative estimate of drug-likeness (QED) is 0.727. The monoisotopic (exact) mass is 407 g/mol. The Morgan fingerprint density at radius 2 is 1.90 bits per heavy atom. The van der Waals surface area contributed by atoms with Crippen LogP contribution in [0.2, 0.25) is 0 Å². The molecule has 1 aliphatic heterocycles. The van der Waals surface area contributed by atoms with Crippen molar-refractivity contribution in [2.24, 2.45) is 0 Å². The fourth-order valence-corrected chi connectivity index (χ4v) is 3.85. The number of hydrogen-bond acceptors (Lipinski definition) is 4. The number of rotatable bonds is 7. The van der Waals surface area contributed by atoms with Crippen LogP contribution in [-0.4, -0.2) is 24.3 Å². The molecule has 0 radical (unpaired) electrons. The van der Waals surface area contributed by atoms with Gasteiger partial charge in [-0.05, 0) is 42.0 Å². The van der Waals surface area contributed by atoms with Gasteiger partial charge in [0.2, 0.25) is 5.91 Å². The lowest BCUT2D eigenvalue weighted by atomic mass is 9.87. The predicted octanol–water partition coefficient (Wildman–Crippen LogP) is 4.01. The number of nitriles is 1. The summed E-state index contributed by atoms with van der Waals surface area (Å²) in [5.41, 5.74) is 1.82. The summed E-state index contributed by atoms with van der Waals surface area (Å²) < 4.78 is 15.6. The third-order valence-electron chi connectivity index (χ3n) is 5.44. The first-order valence-electron chi connectivity index (χ1n) is 10.2. The lowest BCUT2D eigenvalue weighted by Crippen LogP contribution is -2.44. The van der Waals surface area contributed by atoms with Crippen LogP contribution < -0.4 is 10.6 Å². The number of halogens is 1. The van der Waals surface area contributed by atoms with E-state index in [-0.39, 0.29) is 29.9 Å². The first kappa shape index (κ1) is 21.7. The van der Waals surface area contributed by atoms with E-state index in [4.69, 9.17) is 5.26 Å². The maximum Gasteiger partial charge on any atom is 0.237 e. The average molecular weight is 407 g/mol. The van der Waals surface area contributed by atoms with E-state index >= 15 is 4.39 Å². The van der Waals surface area contributed by atoms with Crippen LogP contribution in [0.3, 0.4) is 0 Å². The number of benzene rings is 2. The minimum absolute atomic E-state index is 0.0490. The first-order valence-corrected chi connectivity index (χ1v) is 10.2. The van der Waals surface area contributed by atoms with Gasteiger partial charge in [0.1, 0.15) is 11.9 Å². The highest BCUT2D eigenvalue weighted by molar-refractivity contribution is 5.94. The molecule has 156 valence electrons. The molecule has 0 spiro atoms. The molecule has 2 aromatic carbocycles. The van der Waals surface area contributed by atoms with E-state index in [9.17, 15) is 9.59 Å². The van der Waals surface area contributed by atoms with Crippen LogP contribution in [0.25, 0.3) is 11.1 Å². The summed E-state index contributed by atoms with van der Waals surface area (Å²) in [6.07, 6.45) is 1.18. The molecule has 1 amide bonds. The van der Waals surface area contributed by atoms with E-state index in [1.807, 2.05) is 26.0 Å². The van der Waals surface area contributed by atoms with Crippen molar-refractivity contribution in [2.45, 2.75) is 51.1 Å². The van der Waals surface area contributed by atoms with E-state index in [0.717, 1.165) is 13.0 Å². The van der Waals surface area contributed by atoms with Crippen molar-refractivity contribution >= 4 is 11.7 Å². The molecular weight excluding hydrogens is 381 g/mol. The van der Waals surface area contributed by atoms with Gasteiger partial charge in [-0.1, -0.05) is 56.3 Å². The molecule has 6 heteroatoms. The molecule has 2 N–H and O–H groups in total. The van der Waals surface area contributed by atoms with Gasteiger partial charge < -0.3 is 10.6 Å². The molecule has 1 aliphatic rings. The minimum atomic E-state index is -1.09. The van der Waals surface area contributed by atoms with Crippen LogP contribution in [0.4, 0.5) is 4.39 Å². The van der Waals surface area contributed by atoms with Crippen molar-refractivity contribution in [2.75, 3.05) is 6.54 Å². The Bertz CT molecular complexity index is 960. The van der Waals surface area contributed by atoms with E-state index in [1.165, 1.54) is 0 Å². The number of amides is 1. The second kappa shape index (κ2) is 9.64. The number of Topliss-reactive ketones (excluding diaryl/α,β-unsaturated/α-hetero) is 1. The van der Waals surface area contributed by atoms with E-state index in [1.54, 1.807) is 36.4 Å². The molecule has 1 heterocycles. The molecule has 2 aromatic rings. The second-order valence-electron chi connectivity index (χ2n) is 7.85. The van der Waals surface area contributed by atoms with Gasteiger partial charge in [0.05, 0.1) is 18.5 Å². The van der Waals surface area contributed by atoms with E-state index < -0.39 is 17.6 Å². The number of nitrogens with one attached hydrogen (secondary N) is 2. The highest BCUT2D eigenvalue weighted by Gasteiger charge is 2.31. The van der Waals surface area contributed by atoms with Gasteiger partial charge in [0.25, 0.3) is 0 Å². The summed E-state index contributed by atoms with van der Waals surface area (Å²) in [5.74, 6) is -1.22. The molecule has 0 saturated carbocycles. The van der Waals surface area contributed by atoms with Crippen LogP contribution in [0.15, 0.2) is 42.5 Å². The second-order valence-corrected chi connectivity index (χ2v) is 7.85. The zero-order valence-electron chi connectivity index (χ0n) is 17.2. The van der Waals surface area contributed by atoms with Crippen molar-refractivity contribution in [1.82, 2.24) is 10.6 Å². The molecule has 30 heavy (non-hydrogen) atoms. The largest absolute Gasteiger partial charge is 0.341 e. The number of ketones is 1. The lowest BCUT2D eigenvalue weighted by molar-refractivity contribution is -0.128. The van der Waals surface area contributed by atoms with Crippen LogP contribution in [0, 0.1) is 17.1 Å². The summed E-state index contributed by atoms with van der Waals surface area (Å²) in [6, 6.07) is 12.7. The van der Waals surface area contributed by atoms with Crippen LogP contribution >= 0.6 is 0 Å². The topological polar surface area (TPSA) is 82.0 Å². The first-order chi connectivity index (χ1) is 14.4. The standard InChI is InChI=1S/C24H26FN3O2/c1-15(2)17-10-11-18(21(22(17)25)16-7-4-3-5-8-16)23(20(29)12-13-26)28-24(30)19-9-6-14-27-19/h3-5,7-8,10-11,15,19,23,27H,6,9,12,14H2,1-2H3,(H,28,30). The lowest BCUT2D eigenvalue weighted by Gasteiger charge is -2.24. The van der Waals surface area contributed by atoms with Crippen molar-refractivity contribution in [3.05, 3.63) is 59.4 Å². The molecule has 1 fully saturated rings. The Morgan fingerprint density at radius 3 is 2.50 bits per heavy atom. The summed E-state index contributed by atoms with van der Waals surface area (Å²) >= 11 is 0.